The first-order chi connectivity index (χ1) is 9.95. The molecule has 21 heavy (non-hydrogen) atoms. The third-order valence-corrected chi connectivity index (χ3v) is 4.53. The molecule has 1 fully saturated rings. The molecule has 0 aliphatic carbocycles. The minimum atomic E-state index is -0.654. The van der Waals surface area contributed by atoms with E-state index < -0.39 is 10.9 Å². The van der Waals surface area contributed by atoms with Crippen molar-refractivity contribution in [2.75, 3.05) is 18.9 Å². The molecule has 0 radical (unpaired) electrons. The summed E-state index contributed by atoms with van der Waals surface area (Å²) in [6.45, 7) is 0.530. The number of ketones is 1. The topological polar surface area (TPSA) is 92.3 Å². The fraction of sp³-hybridized carbons (Fsp3) is 0.417. The molecule has 0 bridgehead atoms. The number of halogens is 1. The minimum absolute atomic E-state index is 0.00540. The van der Waals surface area contributed by atoms with Gasteiger partial charge in [0, 0.05) is 26.1 Å². The molecule has 0 spiro atoms. The highest BCUT2D eigenvalue weighted by Gasteiger charge is 2.35. The first-order valence-corrected chi connectivity index (χ1v) is 7.49. The van der Waals surface area contributed by atoms with Crippen LogP contribution in [0.15, 0.2) is 4.90 Å². The van der Waals surface area contributed by atoms with Gasteiger partial charge in [0.05, 0.1) is 4.90 Å². The number of piperidine rings is 1. The number of nitrogens with one attached hydrogen (secondary N) is 1. The van der Waals surface area contributed by atoms with Crippen molar-refractivity contribution < 1.29 is 14.4 Å². The lowest BCUT2D eigenvalue weighted by atomic mass is 10.1. The van der Waals surface area contributed by atoms with E-state index in [1.165, 1.54) is 0 Å². The Kier molecular flexibility index (Phi) is 3.58. The Labute approximate surface area is 129 Å². The van der Waals surface area contributed by atoms with Crippen LogP contribution in [-0.4, -0.2) is 51.3 Å². The summed E-state index contributed by atoms with van der Waals surface area (Å²) < 4.78 is 0. The summed E-state index contributed by atoms with van der Waals surface area (Å²) in [5.41, 5.74) is 0.0488. The second-order valence-corrected chi connectivity index (χ2v) is 6.21. The van der Waals surface area contributed by atoms with E-state index in [0.29, 0.717) is 30.1 Å². The summed E-state index contributed by atoms with van der Waals surface area (Å²) >= 11 is 6.62. The highest BCUT2D eigenvalue weighted by Crippen LogP contribution is 2.37. The zero-order chi connectivity index (χ0) is 15.1. The average Bonchev–Trinajstić information content (AvgIpc) is 2.71. The number of rotatable bonds is 2. The number of Topliss-reactive ketones (excluding diaryl/α,β-unsaturated/α-hetero) is 1. The van der Waals surface area contributed by atoms with Gasteiger partial charge >= 0.3 is 0 Å². The van der Waals surface area contributed by atoms with Crippen LogP contribution >= 0.6 is 23.4 Å². The second-order valence-electron chi connectivity index (χ2n) is 4.89. The molecule has 1 N–H and O–H groups in total. The van der Waals surface area contributed by atoms with E-state index in [2.05, 4.69) is 15.3 Å². The summed E-state index contributed by atoms with van der Waals surface area (Å²) in [5.74, 6) is -0.182. The van der Waals surface area contributed by atoms with Crippen molar-refractivity contribution in [3.05, 3.63) is 11.0 Å². The van der Waals surface area contributed by atoms with Crippen LogP contribution in [0.25, 0.3) is 0 Å². The smallest absolute Gasteiger partial charge is 0.266 e. The molecular weight excluding hydrogens is 316 g/mol. The van der Waals surface area contributed by atoms with Gasteiger partial charge in [0.15, 0.2) is 0 Å². The van der Waals surface area contributed by atoms with Gasteiger partial charge < -0.3 is 10.2 Å². The third-order valence-electron chi connectivity index (χ3n) is 3.40. The highest BCUT2D eigenvalue weighted by molar-refractivity contribution is 8.16. The predicted octanol–water partition coefficient (Wildman–Crippen LogP) is 0.978. The maximum absolute atomic E-state index is 11.7. The molecule has 1 aromatic heterocycles. The molecule has 1 amide bonds. The number of hydrogen-bond donors (Lipinski definition) is 1. The Morgan fingerprint density at radius 1 is 1.33 bits per heavy atom. The molecule has 1 atom stereocenters. The van der Waals surface area contributed by atoms with Gasteiger partial charge in [-0.05, 0) is 29.8 Å². The Hall–Kier alpha value is -1.67. The predicted molar refractivity (Wildman–Crippen MR) is 76.5 cm³/mol. The molecule has 110 valence electrons. The highest BCUT2D eigenvalue weighted by atomic mass is 35.5. The van der Waals surface area contributed by atoms with E-state index in [1.807, 2.05) is 0 Å². The standard InChI is InChI=1S/C12H11ClN4O3S/c1-17-4-5(2-3-6(17)18)14-10-9-7(15-12(13)16-10)8(19)11(20)21-9/h5H,2-4H2,1H3,(H,14,15,16). The number of aromatic nitrogens is 2. The first kappa shape index (κ1) is 14.3. The van der Waals surface area contributed by atoms with Gasteiger partial charge in [-0.2, -0.15) is 4.98 Å². The van der Waals surface area contributed by atoms with Gasteiger partial charge in [-0.25, -0.2) is 4.98 Å². The van der Waals surface area contributed by atoms with Crippen molar-refractivity contribution in [3.8, 4) is 0 Å². The minimum Gasteiger partial charge on any atom is -0.364 e. The summed E-state index contributed by atoms with van der Waals surface area (Å²) in [7, 11) is 1.73. The number of amides is 1. The number of likely N-dealkylation sites (N-methyl/N-ethyl adjacent to an activating group) is 1. The summed E-state index contributed by atoms with van der Waals surface area (Å²) in [4.78, 5) is 44.6. The van der Waals surface area contributed by atoms with Crippen LogP contribution in [0.3, 0.4) is 0 Å². The van der Waals surface area contributed by atoms with E-state index in [0.717, 1.165) is 11.8 Å². The number of fused-ring (bicyclic) bond motifs is 1. The van der Waals surface area contributed by atoms with Gasteiger partial charge in [0.1, 0.15) is 11.5 Å². The van der Waals surface area contributed by atoms with E-state index in [9.17, 15) is 14.4 Å². The molecular formula is C12H11ClN4O3S. The van der Waals surface area contributed by atoms with Crippen LogP contribution in [0.1, 0.15) is 23.3 Å². The summed E-state index contributed by atoms with van der Waals surface area (Å²) in [6, 6.07) is -0.00540. The molecule has 9 heteroatoms. The Bertz CT molecular complexity index is 666. The fourth-order valence-corrected chi connectivity index (χ4v) is 3.31. The molecule has 3 rings (SSSR count). The number of carbonyl (C=O) groups excluding carboxylic acids is 3. The summed E-state index contributed by atoms with van der Waals surface area (Å²) in [6.07, 6.45) is 1.10. The number of likely N-dealkylation sites (tertiary alicyclic amines) is 1. The van der Waals surface area contributed by atoms with E-state index in [1.54, 1.807) is 11.9 Å². The van der Waals surface area contributed by atoms with E-state index in [-0.39, 0.29) is 22.9 Å². The van der Waals surface area contributed by atoms with Crippen molar-refractivity contribution >= 4 is 46.0 Å². The van der Waals surface area contributed by atoms with Crippen LogP contribution in [0.5, 0.6) is 0 Å². The van der Waals surface area contributed by atoms with Crippen molar-refractivity contribution in [2.24, 2.45) is 0 Å². The monoisotopic (exact) mass is 326 g/mol. The molecule has 1 saturated heterocycles. The van der Waals surface area contributed by atoms with Crippen molar-refractivity contribution in [1.82, 2.24) is 14.9 Å². The molecule has 2 aliphatic heterocycles. The zero-order valence-electron chi connectivity index (χ0n) is 11.1. The zero-order valence-corrected chi connectivity index (χ0v) is 12.6. The molecule has 1 unspecified atom stereocenters. The molecule has 7 nitrogen and oxygen atoms in total. The lowest BCUT2D eigenvalue weighted by Gasteiger charge is -2.30. The van der Waals surface area contributed by atoms with Gasteiger partial charge in [-0.15, -0.1) is 0 Å². The molecule has 1 aromatic rings. The number of carbonyl (C=O) groups is 3. The van der Waals surface area contributed by atoms with E-state index >= 15 is 0 Å². The Balaban J connectivity index is 1.87. The Morgan fingerprint density at radius 2 is 2.10 bits per heavy atom. The van der Waals surface area contributed by atoms with Crippen LogP contribution in [-0.2, 0) is 9.59 Å². The average molecular weight is 327 g/mol. The number of anilines is 1. The number of hydrogen-bond acceptors (Lipinski definition) is 7. The van der Waals surface area contributed by atoms with Crippen LogP contribution < -0.4 is 5.32 Å². The maximum atomic E-state index is 11.7. The fourth-order valence-electron chi connectivity index (χ4n) is 2.33. The maximum Gasteiger partial charge on any atom is 0.266 e. The normalized spacial score (nSPS) is 21.7. The van der Waals surface area contributed by atoms with Crippen molar-refractivity contribution in [2.45, 2.75) is 23.8 Å². The number of thioether (sulfide) groups is 1. The van der Waals surface area contributed by atoms with E-state index in [4.69, 9.17) is 11.6 Å². The molecule has 0 saturated carbocycles. The summed E-state index contributed by atoms with van der Waals surface area (Å²) in [5, 5.41) is 2.49. The van der Waals surface area contributed by atoms with Gasteiger partial charge in [0.25, 0.3) is 10.9 Å². The lowest BCUT2D eigenvalue weighted by Crippen LogP contribution is -2.43. The Morgan fingerprint density at radius 3 is 2.81 bits per heavy atom. The number of nitrogens with zero attached hydrogens (tertiary/aromatic N) is 3. The van der Waals surface area contributed by atoms with Gasteiger partial charge in [0.2, 0.25) is 11.2 Å². The van der Waals surface area contributed by atoms with Crippen LogP contribution in [0.4, 0.5) is 5.82 Å². The van der Waals surface area contributed by atoms with Crippen molar-refractivity contribution in [3.63, 3.8) is 0 Å². The molecule has 3 heterocycles. The third kappa shape index (κ3) is 2.60. The van der Waals surface area contributed by atoms with Gasteiger partial charge in [-0.1, -0.05) is 0 Å². The quantitative estimate of drug-likeness (QED) is 0.639. The van der Waals surface area contributed by atoms with Crippen LogP contribution in [0.2, 0.25) is 5.28 Å². The molecule has 2 aliphatic rings. The second kappa shape index (κ2) is 5.27. The first-order valence-electron chi connectivity index (χ1n) is 6.30. The lowest BCUT2D eigenvalue weighted by molar-refractivity contribution is -0.132. The molecule has 0 aromatic carbocycles. The van der Waals surface area contributed by atoms with Crippen LogP contribution in [0, 0.1) is 0 Å². The van der Waals surface area contributed by atoms with Crippen molar-refractivity contribution in [1.29, 1.82) is 0 Å². The largest absolute Gasteiger partial charge is 0.364 e. The van der Waals surface area contributed by atoms with Gasteiger partial charge in [-0.3, -0.25) is 14.4 Å². The SMILES string of the molecule is CN1CC(Nc2nc(Cl)nc3c2SC(=O)C3=O)CCC1=O.